The van der Waals surface area contributed by atoms with Crippen molar-refractivity contribution in [3.8, 4) is 33.4 Å². The van der Waals surface area contributed by atoms with Gasteiger partial charge in [0.15, 0.2) is 0 Å². The first-order valence-electron chi connectivity index (χ1n) is 18.0. The lowest BCUT2D eigenvalue weighted by Gasteiger charge is -2.27. The molecule has 0 aliphatic rings. The lowest BCUT2D eigenvalue weighted by atomic mass is 10.0. The summed E-state index contributed by atoms with van der Waals surface area (Å²) in [5.41, 5.74) is 13.3. The molecule has 0 saturated carbocycles. The smallest absolute Gasteiger partial charge is 0.0467 e. The van der Waals surface area contributed by atoms with E-state index in [-0.39, 0.29) is 0 Å². The molecule has 0 aromatic heterocycles. The topological polar surface area (TPSA) is 3.24 Å². The summed E-state index contributed by atoms with van der Waals surface area (Å²) in [4.78, 5) is 2.35. The molecule has 0 spiro atoms. The lowest BCUT2D eigenvalue weighted by molar-refractivity contribution is 1.14. The van der Waals surface area contributed by atoms with E-state index in [1.54, 1.807) is 0 Å². The molecule has 0 unspecified atom stereocenters. The summed E-state index contributed by atoms with van der Waals surface area (Å²) >= 11 is 0. The van der Waals surface area contributed by atoms with E-state index in [4.69, 9.17) is 0 Å². The van der Waals surface area contributed by atoms with Crippen LogP contribution in [0.3, 0.4) is 0 Å². The summed E-state index contributed by atoms with van der Waals surface area (Å²) in [6.07, 6.45) is 1.14. The number of hydrogen-bond donors (Lipinski definition) is 0. The van der Waals surface area contributed by atoms with Crippen LogP contribution in [-0.4, -0.2) is 0 Å². The van der Waals surface area contributed by atoms with Gasteiger partial charge in [0.1, 0.15) is 0 Å². The Hall–Kier alpha value is -5.66. The van der Waals surface area contributed by atoms with Crippen LogP contribution >= 0.6 is 0 Å². The van der Waals surface area contributed by atoms with Crippen molar-refractivity contribution >= 4 is 17.1 Å². The fourth-order valence-corrected chi connectivity index (χ4v) is 5.62. The molecule has 0 atom stereocenters. The highest BCUT2D eigenvalue weighted by atomic mass is 15.1. The largest absolute Gasteiger partial charge is 0.310 e. The van der Waals surface area contributed by atoms with Crippen molar-refractivity contribution in [1.82, 2.24) is 0 Å². The molecule has 0 fully saturated rings. The third-order valence-electron chi connectivity index (χ3n) is 8.18. The number of rotatable bonds is 7. The Morgan fingerprint density at radius 2 is 0.700 bits per heavy atom. The average molecular weight is 654 g/mol. The van der Waals surface area contributed by atoms with E-state index in [2.05, 4.69) is 201 Å². The zero-order valence-electron chi connectivity index (χ0n) is 30.6. The highest BCUT2D eigenvalue weighted by Gasteiger charge is 2.15. The third-order valence-corrected chi connectivity index (χ3v) is 8.18. The maximum Gasteiger partial charge on any atom is 0.0467 e. The molecular weight excluding hydrogens is 603 g/mol. The van der Waals surface area contributed by atoms with Gasteiger partial charge < -0.3 is 4.90 Å². The molecule has 0 aliphatic heterocycles. The van der Waals surface area contributed by atoms with Crippen LogP contribution in [0, 0.1) is 6.92 Å². The molecule has 7 aromatic carbocycles. The number of hydrogen-bond acceptors (Lipinski definition) is 1. The molecule has 1 nitrogen and oxygen atoms in total. The number of aryl methyl sites for hydroxylation is 2. The monoisotopic (exact) mass is 653 g/mol. The van der Waals surface area contributed by atoms with Crippen LogP contribution in [0.1, 0.15) is 45.7 Å². The Labute approximate surface area is 301 Å². The van der Waals surface area contributed by atoms with Crippen LogP contribution in [-0.2, 0) is 6.42 Å². The van der Waals surface area contributed by atoms with Crippen LogP contribution in [0.4, 0.5) is 17.1 Å². The van der Waals surface area contributed by atoms with Gasteiger partial charge in [-0.1, -0.05) is 192 Å². The molecule has 1 heteroatoms. The molecule has 7 rings (SSSR count). The number of nitrogens with zero attached hydrogens (tertiary/aromatic N) is 1. The zero-order valence-corrected chi connectivity index (χ0v) is 30.6. The van der Waals surface area contributed by atoms with Gasteiger partial charge in [0.2, 0.25) is 0 Å². The Balaban J connectivity index is 0.000000404. The average Bonchev–Trinajstić information content (AvgIpc) is 3.22. The minimum absolute atomic E-state index is 1.12. The second kappa shape index (κ2) is 20.0. The van der Waals surface area contributed by atoms with E-state index in [1.165, 1.54) is 44.5 Å². The number of anilines is 3. The number of benzene rings is 7. The van der Waals surface area contributed by atoms with Crippen molar-refractivity contribution in [2.45, 2.75) is 48.0 Å². The predicted molar refractivity (Wildman–Crippen MR) is 221 cm³/mol. The van der Waals surface area contributed by atoms with Crippen molar-refractivity contribution in [1.29, 1.82) is 0 Å². The fraction of sp³-hybridized carbons (Fsp3) is 0.143. The van der Waals surface area contributed by atoms with E-state index in [0.717, 1.165) is 23.5 Å². The third kappa shape index (κ3) is 10.2. The SMILES string of the molecule is CC.CC.CCc1ccccc1.Cc1ccc(-c2ccc(N(c3cccc(-c4ccccc4)c3)c3cccc(-c4ccccc4)c3)cc2)cc1. The summed E-state index contributed by atoms with van der Waals surface area (Å²) in [5, 5.41) is 0. The molecule has 0 radical (unpaired) electrons. The van der Waals surface area contributed by atoms with E-state index >= 15 is 0 Å². The van der Waals surface area contributed by atoms with Gasteiger partial charge in [0, 0.05) is 17.1 Å². The first-order valence-corrected chi connectivity index (χ1v) is 18.0. The first kappa shape index (κ1) is 37.2. The van der Waals surface area contributed by atoms with Gasteiger partial charge in [-0.05, 0) is 88.7 Å². The maximum absolute atomic E-state index is 2.35. The summed E-state index contributed by atoms with van der Waals surface area (Å²) in [7, 11) is 0. The second-order valence-electron chi connectivity index (χ2n) is 11.4. The minimum Gasteiger partial charge on any atom is -0.310 e. The van der Waals surface area contributed by atoms with E-state index in [0.29, 0.717) is 0 Å². The van der Waals surface area contributed by atoms with Crippen LogP contribution in [0.2, 0.25) is 0 Å². The van der Waals surface area contributed by atoms with E-state index < -0.39 is 0 Å². The van der Waals surface area contributed by atoms with Gasteiger partial charge in [-0.3, -0.25) is 0 Å². The van der Waals surface area contributed by atoms with Crippen LogP contribution in [0.15, 0.2) is 188 Å². The summed E-state index contributed by atoms with van der Waals surface area (Å²) < 4.78 is 0. The van der Waals surface area contributed by atoms with Crippen molar-refractivity contribution in [2.24, 2.45) is 0 Å². The Morgan fingerprint density at radius 3 is 1.10 bits per heavy atom. The molecule has 0 aliphatic carbocycles. The van der Waals surface area contributed by atoms with Crippen molar-refractivity contribution in [3.63, 3.8) is 0 Å². The van der Waals surface area contributed by atoms with E-state index in [1.807, 2.05) is 33.8 Å². The standard InChI is InChI=1S/C37H29N.C8H10.2C2H6/c1-28-18-20-31(21-19-28)32-22-24-35(25-23-32)38(36-16-8-14-33(26-36)29-10-4-2-5-11-29)37-17-9-15-34(27-37)30-12-6-3-7-13-30;1-2-8-6-4-3-5-7-8;2*1-2/h2-27H,1H3;3-7H,2H2,1H3;2*1-2H3. The molecule has 7 aromatic rings. The maximum atomic E-state index is 2.35. The van der Waals surface area contributed by atoms with E-state index in [9.17, 15) is 0 Å². The molecule has 0 heterocycles. The van der Waals surface area contributed by atoms with Crippen molar-refractivity contribution in [3.05, 3.63) is 199 Å². The molecule has 50 heavy (non-hydrogen) atoms. The second-order valence-corrected chi connectivity index (χ2v) is 11.4. The van der Waals surface area contributed by atoms with Gasteiger partial charge in [-0.15, -0.1) is 0 Å². The summed E-state index contributed by atoms with van der Waals surface area (Å²) in [6.45, 7) is 12.3. The van der Waals surface area contributed by atoms with Gasteiger partial charge in [0.05, 0.1) is 0 Å². The van der Waals surface area contributed by atoms with Gasteiger partial charge in [-0.2, -0.15) is 0 Å². The van der Waals surface area contributed by atoms with Crippen molar-refractivity contribution in [2.75, 3.05) is 4.90 Å². The molecule has 0 bridgehead atoms. The molecule has 0 N–H and O–H groups in total. The van der Waals surface area contributed by atoms with Gasteiger partial charge in [-0.25, -0.2) is 0 Å². The summed E-state index contributed by atoms with van der Waals surface area (Å²) in [5.74, 6) is 0. The molecule has 0 saturated heterocycles. The van der Waals surface area contributed by atoms with Gasteiger partial charge in [0.25, 0.3) is 0 Å². The van der Waals surface area contributed by atoms with Crippen LogP contribution in [0.5, 0.6) is 0 Å². The molecular formula is C49H51N. The highest BCUT2D eigenvalue weighted by molar-refractivity contribution is 5.83. The quantitative estimate of drug-likeness (QED) is 0.165. The zero-order chi connectivity index (χ0) is 35.6. The van der Waals surface area contributed by atoms with Gasteiger partial charge >= 0.3 is 0 Å². The summed E-state index contributed by atoms with van der Waals surface area (Å²) in [6, 6.07) is 66.8. The van der Waals surface area contributed by atoms with Crippen molar-refractivity contribution < 1.29 is 0 Å². The first-order chi connectivity index (χ1) is 24.7. The Kier molecular flexibility index (Phi) is 14.9. The Morgan fingerprint density at radius 1 is 0.340 bits per heavy atom. The lowest BCUT2D eigenvalue weighted by Crippen LogP contribution is -2.10. The molecule has 252 valence electrons. The highest BCUT2D eigenvalue weighted by Crippen LogP contribution is 2.39. The minimum atomic E-state index is 1.12. The van der Waals surface area contributed by atoms with Crippen LogP contribution in [0.25, 0.3) is 33.4 Å². The molecule has 0 amide bonds. The Bertz CT molecular complexity index is 1860. The van der Waals surface area contributed by atoms with Crippen LogP contribution < -0.4 is 4.90 Å². The normalized spacial score (nSPS) is 9.88. The fourth-order valence-electron chi connectivity index (χ4n) is 5.62. The predicted octanol–water partition coefficient (Wildman–Crippen LogP) is 14.8.